The summed E-state index contributed by atoms with van der Waals surface area (Å²) in [7, 11) is 0. The number of rotatable bonds is 10. The third-order valence-electron chi connectivity index (χ3n) is 4.66. The van der Waals surface area contributed by atoms with E-state index in [4.69, 9.17) is 9.47 Å². The number of non-ortho nitro benzene ring substituents is 1. The number of hydrogen-bond donors (Lipinski definition) is 2. The van der Waals surface area contributed by atoms with Gasteiger partial charge < -0.3 is 14.8 Å². The van der Waals surface area contributed by atoms with Crippen molar-refractivity contribution in [2.45, 2.75) is 13.8 Å². The van der Waals surface area contributed by atoms with Crippen LogP contribution in [-0.4, -0.2) is 36.2 Å². The molecule has 1 amide bonds. The van der Waals surface area contributed by atoms with Gasteiger partial charge in [0, 0.05) is 17.8 Å². The maximum absolute atomic E-state index is 12.4. The van der Waals surface area contributed by atoms with Gasteiger partial charge in [0.2, 0.25) is 0 Å². The van der Waals surface area contributed by atoms with Crippen LogP contribution in [0.25, 0.3) is 0 Å². The smallest absolute Gasteiger partial charge is 0.343 e. The third kappa shape index (κ3) is 7.39. The summed E-state index contributed by atoms with van der Waals surface area (Å²) in [4.78, 5) is 34.7. The fourth-order valence-corrected chi connectivity index (χ4v) is 2.99. The molecule has 0 unspecified atom stereocenters. The van der Waals surface area contributed by atoms with Crippen LogP contribution >= 0.6 is 0 Å². The Morgan fingerprint density at radius 1 is 1.06 bits per heavy atom. The minimum Gasteiger partial charge on any atom is -0.490 e. The number of carbonyl (C=O) groups is 2. The lowest BCUT2D eigenvalue weighted by atomic mass is 10.2. The van der Waals surface area contributed by atoms with Gasteiger partial charge in [0.15, 0.2) is 11.5 Å². The number of hydrazone groups is 1. The molecule has 0 bridgehead atoms. The van der Waals surface area contributed by atoms with Crippen LogP contribution in [0.15, 0.2) is 71.8 Å². The first-order valence-electron chi connectivity index (χ1n) is 10.7. The molecule has 0 atom stereocenters. The van der Waals surface area contributed by atoms with E-state index in [0.29, 0.717) is 17.9 Å². The van der Waals surface area contributed by atoms with E-state index in [1.807, 2.05) is 31.2 Å². The number of amides is 1. The molecule has 0 aliphatic rings. The molecule has 2 N–H and O–H groups in total. The molecule has 0 aromatic heterocycles. The van der Waals surface area contributed by atoms with Crippen LogP contribution in [0.4, 0.5) is 11.4 Å². The Morgan fingerprint density at radius 3 is 2.51 bits per heavy atom. The van der Waals surface area contributed by atoms with Crippen molar-refractivity contribution in [2.75, 3.05) is 18.5 Å². The van der Waals surface area contributed by atoms with Crippen molar-refractivity contribution in [3.8, 4) is 11.5 Å². The highest BCUT2D eigenvalue weighted by molar-refractivity contribution is 5.92. The lowest BCUT2D eigenvalue weighted by Crippen LogP contribution is -2.25. The number of esters is 1. The van der Waals surface area contributed by atoms with Crippen LogP contribution in [0.5, 0.6) is 11.5 Å². The van der Waals surface area contributed by atoms with Crippen LogP contribution < -0.4 is 20.2 Å². The maximum atomic E-state index is 12.4. The molecule has 0 aliphatic carbocycles. The first-order chi connectivity index (χ1) is 16.9. The highest BCUT2D eigenvalue weighted by atomic mass is 16.6. The molecule has 10 nitrogen and oxygen atoms in total. The van der Waals surface area contributed by atoms with Gasteiger partial charge in [-0.3, -0.25) is 14.9 Å². The first-order valence-corrected chi connectivity index (χ1v) is 10.7. The quantitative estimate of drug-likeness (QED) is 0.148. The van der Waals surface area contributed by atoms with E-state index in [2.05, 4.69) is 15.8 Å². The second-order valence-corrected chi connectivity index (χ2v) is 7.35. The van der Waals surface area contributed by atoms with Crippen molar-refractivity contribution in [3.05, 3.63) is 93.5 Å². The number of aryl methyl sites for hydroxylation is 1. The Morgan fingerprint density at radius 2 is 1.83 bits per heavy atom. The molecule has 10 heteroatoms. The van der Waals surface area contributed by atoms with Gasteiger partial charge in [-0.15, -0.1) is 0 Å². The minimum absolute atomic E-state index is 0.0581. The average molecular weight is 476 g/mol. The average Bonchev–Trinajstić information content (AvgIpc) is 2.84. The first kappa shape index (κ1) is 24.9. The number of benzene rings is 3. The molecule has 0 aliphatic heterocycles. The Hall–Kier alpha value is -4.73. The van der Waals surface area contributed by atoms with Gasteiger partial charge in [0.25, 0.3) is 11.6 Å². The molecule has 180 valence electrons. The molecule has 3 aromatic carbocycles. The molecule has 3 aromatic rings. The molecule has 0 saturated heterocycles. The molecule has 0 saturated carbocycles. The molecule has 0 fully saturated rings. The van der Waals surface area contributed by atoms with Gasteiger partial charge in [-0.25, -0.2) is 10.2 Å². The van der Waals surface area contributed by atoms with E-state index in [-0.39, 0.29) is 29.5 Å². The van der Waals surface area contributed by atoms with Gasteiger partial charge >= 0.3 is 5.97 Å². The molecule has 0 radical (unpaired) electrons. The summed E-state index contributed by atoms with van der Waals surface area (Å²) < 4.78 is 11.0. The van der Waals surface area contributed by atoms with E-state index < -0.39 is 10.9 Å². The topological polar surface area (TPSA) is 132 Å². The van der Waals surface area contributed by atoms with Crippen molar-refractivity contribution in [1.29, 1.82) is 0 Å². The molecular formula is C25H24N4O6. The Bertz CT molecular complexity index is 1240. The Kier molecular flexibility index (Phi) is 8.49. The van der Waals surface area contributed by atoms with E-state index in [1.54, 1.807) is 19.1 Å². The van der Waals surface area contributed by atoms with Crippen molar-refractivity contribution in [1.82, 2.24) is 5.43 Å². The summed E-state index contributed by atoms with van der Waals surface area (Å²) in [6.07, 6.45) is 1.44. The molecule has 3 rings (SSSR count). The second kappa shape index (κ2) is 11.9. The standard InChI is InChI=1S/C25H24N4O6/c1-3-34-23-14-18(15-27-28-24(30)16-26-20-6-4-5-17(2)13-20)7-12-22(23)35-25(31)19-8-10-21(11-9-19)29(32)33/h4-15,26H,3,16H2,1-2H3,(H,28,30). The van der Waals surface area contributed by atoms with E-state index in [0.717, 1.165) is 11.3 Å². The molecule has 0 spiro atoms. The van der Waals surface area contributed by atoms with Crippen LogP contribution in [0.1, 0.15) is 28.4 Å². The summed E-state index contributed by atoms with van der Waals surface area (Å²) in [6.45, 7) is 4.13. The zero-order valence-corrected chi connectivity index (χ0v) is 19.2. The summed E-state index contributed by atoms with van der Waals surface area (Å²) in [5.41, 5.74) is 5.00. The van der Waals surface area contributed by atoms with Gasteiger partial charge in [-0.05, 0) is 67.4 Å². The number of nitrogens with zero attached hydrogens (tertiary/aromatic N) is 2. The largest absolute Gasteiger partial charge is 0.490 e. The van der Waals surface area contributed by atoms with E-state index >= 15 is 0 Å². The van der Waals surface area contributed by atoms with E-state index in [1.165, 1.54) is 36.5 Å². The highest BCUT2D eigenvalue weighted by Gasteiger charge is 2.15. The van der Waals surface area contributed by atoms with Crippen molar-refractivity contribution in [2.24, 2.45) is 5.10 Å². The van der Waals surface area contributed by atoms with Gasteiger partial charge in [0.05, 0.1) is 29.9 Å². The predicted octanol–water partition coefficient (Wildman–Crippen LogP) is 4.08. The molecular weight excluding hydrogens is 452 g/mol. The monoisotopic (exact) mass is 476 g/mol. The lowest BCUT2D eigenvalue weighted by Gasteiger charge is -2.11. The van der Waals surface area contributed by atoms with Gasteiger partial charge in [-0.1, -0.05) is 12.1 Å². The van der Waals surface area contributed by atoms with Crippen LogP contribution in [0.2, 0.25) is 0 Å². The predicted molar refractivity (Wildman–Crippen MR) is 131 cm³/mol. The Labute approximate surface area is 201 Å². The number of hydrogen-bond acceptors (Lipinski definition) is 8. The Balaban J connectivity index is 1.60. The fourth-order valence-electron chi connectivity index (χ4n) is 2.99. The van der Waals surface area contributed by atoms with Gasteiger partial charge in [0.1, 0.15) is 0 Å². The van der Waals surface area contributed by atoms with Crippen LogP contribution in [0, 0.1) is 17.0 Å². The normalized spacial score (nSPS) is 10.6. The van der Waals surface area contributed by atoms with Crippen molar-refractivity contribution in [3.63, 3.8) is 0 Å². The minimum atomic E-state index is -0.685. The molecule has 35 heavy (non-hydrogen) atoms. The SMILES string of the molecule is CCOc1cc(C=NNC(=O)CNc2cccc(C)c2)ccc1OC(=O)c1ccc([N+](=O)[O-])cc1. The number of carbonyl (C=O) groups excluding carboxylic acids is 2. The van der Waals surface area contributed by atoms with Crippen molar-refractivity contribution >= 4 is 29.5 Å². The number of nitro groups is 1. The van der Waals surface area contributed by atoms with Crippen LogP contribution in [0.3, 0.4) is 0 Å². The molecule has 0 heterocycles. The van der Waals surface area contributed by atoms with Crippen LogP contribution in [-0.2, 0) is 4.79 Å². The fraction of sp³-hybridized carbons (Fsp3) is 0.160. The summed E-state index contributed by atoms with van der Waals surface area (Å²) in [6, 6.07) is 17.5. The zero-order chi connectivity index (χ0) is 25.2. The number of nitrogens with one attached hydrogen (secondary N) is 2. The second-order valence-electron chi connectivity index (χ2n) is 7.35. The van der Waals surface area contributed by atoms with Crippen molar-refractivity contribution < 1.29 is 24.0 Å². The summed E-state index contributed by atoms with van der Waals surface area (Å²) >= 11 is 0. The number of nitro benzene ring substituents is 1. The summed E-state index contributed by atoms with van der Waals surface area (Å²) in [5, 5.41) is 17.7. The highest BCUT2D eigenvalue weighted by Crippen LogP contribution is 2.29. The van der Waals surface area contributed by atoms with E-state index in [9.17, 15) is 19.7 Å². The number of ether oxygens (including phenoxy) is 2. The number of anilines is 1. The third-order valence-corrected chi connectivity index (χ3v) is 4.66. The summed E-state index contributed by atoms with van der Waals surface area (Å²) in [5.74, 6) is -0.519. The maximum Gasteiger partial charge on any atom is 0.343 e. The lowest BCUT2D eigenvalue weighted by molar-refractivity contribution is -0.384. The van der Waals surface area contributed by atoms with Gasteiger partial charge in [-0.2, -0.15) is 5.10 Å². The zero-order valence-electron chi connectivity index (χ0n) is 19.2.